The van der Waals surface area contributed by atoms with E-state index >= 15 is 0 Å². The number of aromatic nitrogens is 2. The molecule has 6 heteroatoms. The molecule has 6 nitrogen and oxygen atoms in total. The second-order valence-electron chi connectivity index (χ2n) is 6.70. The fourth-order valence-corrected chi connectivity index (χ4v) is 3.03. The Morgan fingerprint density at radius 1 is 1.04 bits per heavy atom. The Morgan fingerprint density at radius 3 is 2.25 bits per heavy atom. The van der Waals surface area contributed by atoms with E-state index in [1.807, 2.05) is 48.5 Å². The van der Waals surface area contributed by atoms with E-state index in [4.69, 9.17) is 10.8 Å². The van der Waals surface area contributed by atoms with E-state index in [0.717, 1.165) is 11.1 Å². The van der Waals surface area contributed by atoms with Crippen molar-refractivity contribution in [1.29, 1.82) is 0 Å². The average Bonchev–Trinajstić information content (AvgIpc) is 2.73. The zero-order chi connectivity index (χ0) is 19.9. The number of nitrogens with two attached hydrogens (primary N) is 1. The van der Waals surface area contributed by atoms with Crippen LogP contribution in [0, 0.1) is 0 Å². The van der Waals surface area contributed by atoms with Gasteiger partial charge >= 0.3 is 5.97 Å². The largest absolute Gasteiger partial charge is 0.480 e. The van der Waals surface area contributed by atoms with Gasteiger partial charge in [0.2, 0.25) is 0 Å². The molecule has 4 N–H and O–H groups in total. The minimum atomic E-state index is -1.05. The Morgan fingerprint density at radius 2 is 1.64 bits per heavy atom. The second kappa shape index (κ2) is 9.21. The van der Waals surface area contributed by atoms with E-state index in [9.17, 15) is 4.79 Å². The van der Waals surface area contributed by atoms with Gasteiger partial charge in [0.15, 0.2) is 0 Å². The SMILES string of the molecule is C[C@H](N[C@@H](c1ccccc1)c1nccc(C[C@H](N)C(=O)O)n1)c1ccccc1. The number of benzene rings is 2. The van der Waals surface area contributed by atoms with Crippen LogP contribution in [0.5, 0.6) is 0 Å². The van der Waals surface area contributed by atoms with Crippen LogP contribution in [0.15, 0.2) is 72.9 Å². The topological polar surface area (TPSA) is 101 Å². The van der Waals surface area contributed by atoms with Gasteiger partial charge in [-0.1, -0.05) is 60.7 Å². The van der Waals surface area contributed by atoms with Gasteiger partial charge in [-0.2, -0.15) is 0 Å². The van der Waals surface area contributed by atoms with E-state index in [-0.39, 0.29) is 18.5 Å². The van der Waals surface area contributed by atoms with E-state index in [0.29, 0.717) is 11.5 Å². The molecule has 0 amide bonds. The molecule has 2 aromatic carbocycles. The number of rotatable bonds is 8. The van der Waals surface area contributed by atoms with Crippen molar-refractivity contribution in [2.24, 2.45) is 5.73 Å². The molecule has 0 saturated heterocycles. The number of aliphatic carboxylic acids is 1. The Balaban J connectivity index is 1.90. The number of nitrogens with zero attached hydrogens (tertiary/aromatic N) is 2. The highest BCUT2D eigenvalue weighted by atomic mass is 16.4. The molecule has 144 valence electrons. The molecule has 0 aliphatic rings. The van der Waals surface area contributed by atoms with Crippen LogP contribution in [0.3, 0.4) is 0 Å². The third-order valence-corrected chi connectivity index (χ3v) is 4.59. The lowest BCUT2D eigenvalue weighted by atomic mass is 10.0. The van der Waals surface area contributed by atoms with Crippen LogP contribution in [0.2, 0.25) is 0 Å². The van der Waals surface area contributed by atoms with Gasteiger partial charge < -0.3 is 10.8 Å². The monoisotopic (exact) mass is 376 g/mol. The maximum Gasteiger partial charge on any atom is 0.320 e. The van der Waals surface area contributed by atoms with Crippen LogP contribution < -0.4 is 11.1 Å². The molecule has 3 aromatic rings. The van der Waals surface area contributed by atoms with Gasteiger partial charge in [-0.05, 0) is 24.1 Å². The summed E-state index contributed by atoms with van der Waals surface area (Å²) in [6.07, 6.45) is 1.80. The molecule has 0 radical (unpaired) electrons. The predicted octanol–water partition coefficient (Wildman–Crippen LogP) is 2.87. The molecular formula is C22H24N4O2. The molecule has 0 aliphatic heterocycles. The normalized spacial score (nSPS) is 14.2. The standard InChI is InChI=1S/C22H24N4O2/c1-15(16-8-4-2-5-9-16)25-20(17-10-6-3-7-11-17)21-24-13-12-18(26-21)14-19(23)22(27)28/h2-13,15,19-20,25H,14,23H2,1H3,(H,27,28)/t15-,19-,20-/m0/s1. The van der Waals surface area contributed by atoms with Gasteiger partial charge in [-0.3, -0.25) is 10.1 Å². The molecule has 3 atom stereocenters. The summed E-state index contributed by atoms with van der Waals surface area (Å²) < 4.78 is 0. The van der Waals surface area contributed by atoms with E-state index in [2.05, 4.69) is 34.3 Å². The van der Waals surface area contributed by atoms with Crippen molar-refractivity contribution in [1.82, 2.24) is 15.3 Å². The Kier molecular flexibility index (Phi) is 6.47. The average molecular weight is 376 g/mol. The van der Waals surface area contributed by atoms with E-state index in [1.165, 1.54) is 0 Å². The van der Waals surface area contributed by atoms with Crippen LogP contribution in [0.25, 0.3) is 0 Å². The van der Waals surface area contributed by atoms with Gasteiger partial charge in [-0.25, -0.2) is 9.97 Å². The summed E-state index contributed by atoms with van der Waals surface area (Å²) in [6, 6.07) is 20.6. The first-order valence-corrected chi connectivity index (χ1v) is 9.20. The Bertz CT molecular complexity index is 903. The van der Waals surface area contributed by atoms with Gasteiger partial charge in [-0.15, -0.1) is 0 Å². The highest BCUT2D eigenvalue weighted by Crippen LogP contribution is 2.24. The minimum absolute atomic E-state index is 0.0694. The van der Waals surface area contributed by atoms with Crippen molar-refractivity contribution in [2.45, 2.75) is 31.5 Å². The maximum absolute atomic E-state index is 11.1. The summed E-state index contributed by atoms with van der Waals surface area (Å²) in [4.78, 5) is 20.1. The van der Waals surface area contributed by atoms with Crippen LogP contribution in [0.4, 0.5) is 0 Å². The van der Waals surface area contributed by atoms with Crippen molar-refractivity contribution in [3.8, 4) is 0 Å². The second-order valence-corrected chi connectivity index (χ2v) is 6.70. The summed E-state index contributed by atoms with van der Waals surface area (Å²) in [5.74, 6) is -0.459. The number of carboxylic acids is 1. The molecule has 0 bridgehead atoms. The highest BCUT2D eigenvalue weighted by Gasteiger charge is 2.21. The molecule has 0 unspecified atom stereocenters. The third-order valence-electron chi connectivity index (χ3n) is 4.59. The molecule has 0 spiro atoms. The van der Waals surface area contributed by atoms with Crippen molar-refractivity contribution in [3.05, 3.63) is 95.6 Å². The number of hydrogen-bond donors (Lipinski definition) is 3. The smallest absolute Gasteiger partial charge is 0.320 e. The van der Waals surface area contributed by atoms with Crippen molar-refractivity contribution >= 4 is 5.97 Å². The first-order valence-electron chi connectivity index (χ1n) is 9.20. The van der Waals surface area contributed by atoms with Crippen molar-refractivity contribution < 1.29 is 9.90 Å². The zero-order valence-corrected chi connectivity index (χ0v) is 15.7. The molecule has 1 aromatic heterocycles. The van der Waals surface area contributed by atoms with Crippen molar-refractivity contribution in [3.63, 3.8) is 0 Å². The minimum Gasteiger partial charge on any atom is -0.480 e. The van der Waals surface area contributed by atoms with Gasteiger partial charge in [0.25, 0.3) is 0 Å². The predicted molar refractivity (Wildman–Crippen MR) is 108 cm³/mol. The number of hydrogen-bond acceptors (Lipinski definition) is 5. The molecule has 1 heterocycles. The highest BCUT2D eigenvalue weighted by molar-refractivity contribution is 5.73. The number of carbonyl (C=O) groups is 1. The Labute approximate surface area is 164 Å². The molecule has 0 aliphatic carbocycles. The molecule has 3 rings (SSSR count). The summed E-state index contributed by atoms with van der Waals surface area (Å²) in [5.41, 5.74) is 8.47. The zero-order valence-electron chi connectivity index (χ0n) is 15.7. The third kappa shape index (κ3) is 5.00. The summed E-state index contributed by atoms with van der Waals surface area (Å²) in [7, 11) is 0. The van der Waals surface area contributed by atoms with E-state index in [1.54, 1.807) is 12.3 Å². The van der Waals surface area contributed by atoms with E-state index < -0.39 is 12.0 Å². The number of nitrogens with one attached hydrogen (secondary N) is 1. The first-order chi connectivity index (χ1) is 13.5. The lowest BCUT2D eigenvalue weighted by Gasteiger charge is -2.23. The summed E-state index contributed by atoms with van der Waals surface area (Å²) in [5, 5.41) is 12.7. The molecule has 28 heavy (non-hydrogen) atoms. The van der Waals surface area contributed by atoms with Gasteiger partial charge in [0, 0.05) is 24.4 Å². The van der Waals surface area contributed by atoms with Crippen molar-refractivity contribution in [2.75, 3.05) is 0 Å². The number of carboxylic acid groups (broad SMARTS) is 1. The lowest BCUT2D eigenvalue weighted by Crippen LogP contribution is -2.33. The first kappa shape index (κ1) is 19.7. The quantitative estimate of drug-likeness (QED) is 0.559. The van der Waals surface area contributed by atoms with Crippen LogP contribution in [0.1, 0.15) is 41.7 Å². The molecule has 0 fully saturated rings. The van der Waals surface area contributed by atoms with Crippen LogP contribution in [-0.2, 0) is 11.2 Å². The maximum atomic E-state index is 11.1. The molecule has 0 saturated carbocycles. The van der Waals surface area contributed by atoms with Gasteiger partial charge in [0.1, 0.15) is 11.9 Å². The summed E-state index contributed by atoms with van der Waals surface area (Å²) in [6.45, 7) is 2.09. The van der Waals surface area contributed by atoms with Crippen LogP contribution in [-0.4, -0.2) is 27.1 Å². The Hall–Kier alpha value is -3.09. The molecular weight excluding hydrogens is 352 g/mol. The fraction of sp³-hybridized carbons (Fsp3) is 0.227. The summed E-state index contributed by atoms with van der Waals surface area (Å²) >= 11 is 0. The fourth-order valence-electron chi connectivity index (χ4n) is 3.03. The van der Waals surface area contributed by atoms with Gasteiger partial charge in [0.05, 0.1) is 6.04 Å². The van der Waals surface area contributed by atoms with Crippen LogP contribution >= 0.6 is 0 Å². The lowest BCUT2D eigenvalue weighted by molar-refractivity contribution is -0.138.